The summed E-state index contributed by atoms with van der Waals surface area (Å²) in [4.78, 5) is 26.0. The van der Waals surface area contributed by atoms with Crippen LogP contribution in [-0.2, 0) is 4.74 Å². The van der Waals surface area contributed by atoms with E-state index in [4.69, 9.17) is 9.15 Å². The maximum Gasteiger partial charge on any atom is 0.338 e. The molecule has 206 valence electrons. The molecule has 4 rings (SSSR count). The van der Waals surface area contributed by atoms with E-state index in [1.807, 2.05) is 12.1 Å². The van der Waals surface area contributed by atoms with E-state index in [1.54, 1.807) is 24.3 Å². The molecule has 0 N–H and O–H groups in total. The molecule has 0 atom stereocenters. The van der Waals surface area contributed by atoms with E-state index in [0.717, 1.165) is 19.3 Å². The molecule has 0 aromatic heterocycles. The topological polar surface area (TPSA) is 79.6 Å². The molecule has 9 heteroatoms. The van der Waals surface area contributed by atoms with E-state index in [9.17, 15) is 14.7 Å². The highest BCUT2D eigenvalue weighted by Crippen LogP contribution is 2.48. The summed E-state index contributed by atoms with van der Waals surface area (Å²) in [6.45, 7) is 2.56. The van der Waals surface area contributed by atoms with Crippen molar-refractivity contribution in [1.82, 2.24) is 0 Å². The summed E-state index contributed by atoms with van der Waals surface area (Å²) in [6.07, 6.45) is 9.25. The molecule has 0 unspecified atom stereocenters. The van der Waals surface area contributed by atoms with E-state index in [2.05, 4.69) is 70.6 Å². The molecule has 2 aromatic rings. The Morgan fingerprint density at radius 2 is 1.54 bits per heavy atom. The van der Waals surface area contributed by atoms with Crippen molar-refractivity contribution in [3.8, 4) is 28.2 Å². The molecule has 1 aliphatic carbocycles. The molecule has 0 spiro atoms. The van der Waals surface area contributed by atoms with Gasteiger partial charge in [-0.3, -0.25) is 4.79 Å². The molecule has 2 aromatic carbocycles. The lowest BCUT2D eigenvalue weighted by Gasteiger charge is -2.21. The number of carbonyl (C=O) groups is 1. The fourth-order valence-electron chi connectivity index (χ4n) is 4.63. The Bertz CT molecular complexity index is 1530. The Morgan fingerprint density at radius 3 is 2.26 bits per heavy atom. The monoisotopic (exact) mass is 783 g/mol. The van der Waals surface area contributed by atoms with Gasteiger partial charge in [0.1, 0.15) is 10.1 Å². The van der Waals surface area contributed by atoms with Gasteiger partial charge in [-0.1, -0.05) is 91.7 Å². The number of rotatable bonds is 11. The quantitative estimate of drug-likeness (QED) is 0.0860. The standard InChI is InChI=1S/C30H28Br4O5/c1-2-3-4-5-6-7-8-11-14-38-30(37)18-13-10-9-12-17(18)23-19-15-21(31)26(35)24(33)28(19)39-29-20(23)16-22(32)27(36)25(29)34/h9-10,12-13,15-16,35H,2-8,11,14H2,1H3/p-1. The molecule has 0 amide bonds. The van der Waals surface area contributed by atoms with E-state index < -0.39 is 5.97 Å². The summed E-state index contributed by atoms with van der Waals surface area (Å²) in [5.41, 5.74) is 2.23. The van der Waals surface area contributed by atoms with Crippen molar-refractivity contribution in [3.63, 3.8) is 0 Å². The minimum Gasteiger partial charge on any atom is -0.871 e. The van der Waals surface area contributed by atoms with Crippen LogP contribution in [-0.4, -0.2) is 12.6 Å². The summed E-state index contributed by atoms with van der Waals surface area (Å²) < 4.78 is 12.9. The first kappa shape index (κ1) is 30.3. The van der Waals surface area contributed by atoms with Crippen LogP contribution in [0.25, 0.3) is 33.4 Å². The Hall–Kier alpha value is -1.68. The van der Waals surface area contributed by atoms with Crippen molar-refractivity contribution in [1.29, 1.82) is 0 Å². The lowest BCUT2D eigenvalue weighted by Crippen LogP contribution is -2.10. The van der Waals surface area contributed by atoms with Crippen molar-refractivity contribution < 1.29 is 19.1 Å². The molecule has 1 heterocycles. The predicted octanol–water partition coefficient (Wildman–Crippen LogP) is 9.99. The summed E-state index contributed by atoms with van der Waals surface area (Å²) >= 11 is 13.4. The third kappa shape index (κ3) is 6.63. The van der Waals surface area contributed by atoms with Crippen LogP contribution in [0.1, 0.15) is 68.6 Å². The molecule has 39 heavy (non-hydrogen) atoms. The number of benzene rings is 3. The number of fused-ring (bicyclic) bond motifs is 2. The summed E-state index contributed by atoms with van der Waals surface area (Å²) in [5.74, 6) is -0.437. The highest BCUT2D eigenvalue weighted by atomic mass is 79.9. The zero-order valence-corrected chi connectivity index (χ0v) is 27.7. The number of esters is 1. The second-order valence-electron chi connectivity index (χ2n) is 9.39. The molecule has 0 radical (unpaired) electrons. The van der Waals surface area contributed by atoms with Gasteiger partial charge in [-0.15, -0.1) is 0 Å². The Labute approximate surface area is 261 Å². The number of halogens is 4. The van der Waals surface area contributed by atoms with Gasteiger partial charge < -0.3 is 14.3 Å². The molecule has 2 aliphatic rings. The summed E-state index contributed by atoms with van der Waals surface area (Å²) in [5, 5.41) is 13.3. The van der Waals surface area contributed by atoms with Crippen LogP contribution < -0.4 is 10.5 Å². The zero-order chi connectivity index (χ0) is 28.1. The Balaban J connectivity index is 1.71. The van der Waals surface area contributed by atoms with E-state index in [0.29, 0.717) is 43.2 Å². The van der Waals surface area contributed by atoms with Crippen molar-refractivity contribution >= 4 is 80.7 Å². The number of ether oxygens (including phenoxy) is 1. The SMILES string of the molecule is CCCCCCCCCCOC(=O)c1ccccc1-c1c2cc(Br)c(=O)c(Br)c-2oc2c(Br)c([O-])c(Br)cc12. The number of carbonyl (C=O) groups excluding carboxylic acids is 1. The normalized spacial score (nSPS) is 11.4. The largest absolute Gasteiger partial charge is 0.871 e. The van der Waals surface area contributed by atoms with Crippen LogP contribution in [0, 0.1) is 0 Å². The molecular formula is C30H27Br4O5-. The fraction of sp³-hybridized carbons (Fsp3) is 0.333. The van der Waals surface area contributed by atoms with Crippen molar-refractivity contribution in [2.45, 2.75) is 58.3 Å². The molecule has 5 nitrogen and oxygen atoms in total. The van der Waals surface area contributed by atoms with Crippen LogP contribution >= 0.6 is 63.7 Å². The average molecular weight is 787 g/mol. The number of hydrogen-bond acceptors (Lipinski definition) is 5. The third-order valence-electron chi connectivity index (χ3n) is 6.65. The maximum absolute atomic E-state index is 13.3. The van der Waals surface area contributed by atoms with Crippen LogP contribution in [0.4, 0.5) is 0 Å². The van der Waals surface area contributed by atoms with Gasteiger partial charge in [0.05, 0.1) is 21.1 Å². The van der Waals surface area contributed by atoms with Gasteiger partial charge >= 0.3 is 5.97 Å². The van der Waals surface area contributed by atoms with Crippen LogP contribution in [0.2, 0.25) is 0 Å². The van der Waals surface area contributed by atoms with E-state index >= 15 is 0 Å². The lowest BCUT2D eigenvalue weighted by atomic mass is 9.91. The lowest BCUT2D eigenvalue weighted by molar-refractivity contribution is -0.270. The second kappa shape index (κ2) is 13.8. The molecule has 0 bridgehead atoms. The molecule has 0 saturated carbocycles. The van der Waals surface area contributed by atoms with Gasteiger partial charge in [0.25, 0.3) is 0 Å². The highest BCUT2D eigenvalue weighted by Gasteiger charge is 2.26. The van der Waals surface area contributed by atoms with Crippen molar-refractivity contribution in [2.24, 2.45) is 0 Å². The van der Waals surface area contributed by atoms with Gasteiger partial charge in [0.15, 0.2) is 5.76 Å². The molecule has 0 saturated heterocycles. The maximum atomic E-state index is 13.3. The van der Waals surface area contributed by atoms with Gasteiger partial charge in [-0.25, -0.2) is 4.79 Å². The van der Waals surface area contributed by atoms with Gasteiger partial charge in [-0.05, 0) is 78.0 Å². The van der Waals surface area contributed by atoms with E-state index in [1.165, 1.54) is 32.1 Å². The van der Waals surface area contributed by atoms with Crippen LogP contribution in [0.5, 0.6) is 5.75 Å². The first-order valence-electron chi connectivity index (χ1n) is 13.0. The molecule has 1 aliphatic heterocycles. The highest BCUT2D eigenvalue weighted by molar-refractivity contribution is 9.11. The average Bonchev–Trinajstić information content (AvgIpc) is 2.93. The summed E-state index contributed by atoms with van der Waals surface area (Å²) in [7, 11) is 0. The van der Waals surface area contributed by atoms with Crippen LogP contribution in [0.15, 0.2) is 63.5 Å². The third-order valence-corrected chi connectivity index (χ3v) is 9.27. The number of unbranched alkanes of at least 4 members (excludes halogenated alkanes) is 7. The zero-order valence-electron chi connectivity index (χ0n) is 21.4. The smallest absolute Gasteiger partial charge is 0.338 e. The predicted molar refractivity (Wildman–Crippen MR) is 168 cm³/mol. The van der Waals surface area contributed by atoms with Crippen molar-refractivity contribution in [2.75, 3.05) is 6.61 Å². The van der Waals surface area contributed by atoms with Gasteiger partial charge in [-0.2, -0.15) is 0 Å². The fourth-order valence-corrected chi connectivity index (χ4v) is 7.04. The van der Waals surface area contributed by atoms with E-state index in [-0.39, 0.29) is 31.5 Å². The second-order valence-corrected chi connectivity index (χ2v) is 12.7. The van der Waals surface area contributed by atoms with Gasteiger partial charge in [0.2, 0.25) is 5.43 Å². The summed E-state index contributed by atoms with van der Waals surface area (Å²) in [6, 6.07) is 10.5. The Morgan fingerprint density at radius 1 is 0.872 bits per heavy atom. The van der Waals surface area contributed by atoms with Gasteiger partial charge in [0, 0.05) is 21.0 Å². The first-order valence-corrected chi connectivity index (χ1v) is 16.1. The number of hydrogen-bond donors (Lipinski definition) is 0. The molecular weight excluding hydrogens is 760 g/mol. The Kier molecular flexibility index (Phi) is 10.7. The minimum atomic E-state index is -0.423. The molecule has 0 fully saturated rings. The minimum absolute atomic E-state index is 0.215. The van der Waals surface area contributed by atoms with Crippen LogP contribution in [0.3, 0.4) is 0 Å². The van der Waals surface area contributed by atoms with Crippen molar-refractivity contribution in [3.05, 3.63) is 70.1 Å². The first-order chi connectivity index (χ1) is 18.8.